The standard InChI is InChI=1S/C19H27FN2O5S/c1-3-15(4-2)21-18(23)13-27-19(24)14-8-9-16(20)17(12-14)28(25,26)22-10-6-5-7-11-22/h8-9,12,15H,3-7,10-11,13H2,1-2H3,(H,21,23). The number of sulfonamides is 1. The van der Waals surface area contributed by atoms with Crippen molar-refractivity contribution in [2.24, 2.45) is 0 Å². The van der Waals surface area contributed by atoms with Crippen LogP contribution < -0.4 is 5.32 Å². The summed E-state index contributed by atoms with van der Waals surface area (Å²) in [6.07, 6.45) is 3.88. The summed E-state index contributed by atoms with van der Waals surface area (Å²) in [5.74, 6) is -2.24. The lowest BCUT2D eigenvalue weighted by atomic mass is 10.2. The largest absolute Gasteiger partial charge is 0.452 e. The Morgan fingerprint density at radius 2 is 1.82 bits per heavy atom. The Hall–Kier alpha value is -2.00. The normalized spacial score (nSPS) is 15.4. The van der Waals surface area contributed by atoms with Gasteiger partial charge >= 0.3 is 5.97 Å². The van der Waals surface area contributed by atoms with E-state index in [1.165, 1.54) is 4.31 Å². The Morgan fingerprint density at radius 3 is 2.43 bits per heavy atom. The smallest absolute Gasteiger partial charge is 0.338 e. The van der Waals surface area contributed by atoms with Gasteiger partial charge in [-0.3, -0.25) is 4.79 Å². The number of benzene rings is 1. The zero-order valence-corrected chi connectivity index (χ0v) is 17.1. The van der Waals surface area contributed by atoms with E-state index < -0.39 is 39.2 Å². The summed E-state index contributed by atoms with van der Waals surface area (Å²) in [5, 5.41) is 2.73. The number of carbonyl (C=O) groups excluding carboxylic acids is 2. The van der Waals surface area contributed by atoms with E-state index >= 15 is 0 Å². The van der Waals surface area contributed by atoms with Gasteiger partial charge in [0.15, 0.2) is 6.61 Å². The highest BCUT2D eigenvalue weighted by molar-refractivity contribution is 7.89. The van der Waals surface area contributed by atoms with Gasteiger partial charge in [0.1, 0.15) is 10.7 Å². The van der Waals surface area contributed by atoms with Crippen LogP contribution in [0.25, 0.3) is 0 Å². The lowest BCUT2D eigenvalue weighted by molar-refractivity contribution is -0.125. The van der Waals surface area contributed by atoms with Crippen molar-refractivity contribution in [2.45, 2.75) is 56.9 Å². The van der Waals surface area contributed by atoms with Crippen LogP contribution >= 0.6 is 0 Å². The first kappa shape index (κ1) is 22.3. The molecule has 1 fully saturated rings. The van der Waals surface area contributed by atoms with Crippen molar-refractivity contribution in [3.05, 3.63) is 29.6 Å². The molecule has 1 aliphatic heterocycles. The molecule has 0 bridgehead atoms. The average molecular weight is 414 g/mol. The molecule has 1 N–H and O–H groups in total. The molecule has 1 amide bonds. The van der Waals surface area contributed by atoms with Crippen molar-refractivity contribution in [3.63, 3.8) is 0 Å². The summed E-state index contributed by atoms with van der Waals surface area (Å²) < 4.78 is 45.8. The zero-order chi connectivity index (χ0) is 20.7. The Kier molecular flexibility index (Phi) is 7.94. The number of hydrogen-bond acceptors (Lipinski definition) is 5. The van der Waals surface area contributed by atoms with Gasteiger partial charge in [0.25, 0.3) is 5.91 Å². The second-order valence-corrected chi connectivity index (χ2v) is 8.67. The van der Waals surface area contributed by atoms with Crippen molar-refractivity contribution >= 4 is 21.9 Å². The molecule has 0 radical (unpaired) electrons. The Labute approximate surface area is 165 Å². The van der Waals surface area contributed by atoms with Crippen molar-refractivity contribution in [3.8, 4) is 0 Å². The molecule has 0 atom stereocenters. The number of halogens is 1. The van der Waals surface area contributed by atoms with Crippen molar-refractivity contribution in [1.29, 1.82) is 0 Å². The summed E-state index contributed by atoms with van der Waals surface area (Å²) in [4.78, 5) is 23.5. The number of nitrogens with zero attached hydrogens (tertiary/aromatic N) is 1. The molecule has 1 heterocycles. The van der Waals surface area contributed by atoms with Crippen LogP contribution in [0, 0.1) is 5.82 Å². The fourth-order valence-corrected chi connectivity index (χ4v) is 4.66. The summed E-state index contributed by atoms with van der Waals surface area (Å²) in [6.45, 7) is 4.03. The van der Waals surface area contributed by atoms with Crippen molar-refractivity contribution in [2.75, 3.05) is 19.7 Å². The highest BCUT2D eigenvalue weighted by Gasteiger charge is 2.29. The van der Waals surface area contributed by atoms with E-state index in [2.05, 4.69) is 5.32 Å². The third-order valence-corrected chi connectivity index (χ3v) is 6.70. The van der Waals surface area contributed by atoms with Crippen LogP contribution in [-0.2, 0) is 19.6 Å². The number of esters is 1. The van der Waals surface area contributed by atoms with E-state index in [0.717, 1.165) is 37.5 Å². The molecule has 0 saturated carbocycles. The van der Waals surface area contributed by atoms with Gasteiger partial charge in [-0.15, -0.1) is 0 Å². The number of amides is 1. The predicted octanol–water partition coefficient (Wildman–Crippen LogP) is 2.46. The van der Waals surface area contributed by atoms with Crippen molar-refractivity contribution in [1.82, 2.24) is 9.62 Å². The minimum Gasteiger partial charge on any atom is -0.452 e. The number of piperidine rings is 1. The van der Waals surface area contributed by atoms with E-state index in [4.69, 9.17) is 4.74 Å². The highest BCUT2D eigenvalue weighted by Crippen LogP contribution is 2.24. The Bertz CT molecular complexity index is 803. The molecule has 0 spiro atoms. The summed E-state index contributed by atoms with van der Waals surface area (Å²) in [6, 6.07) is 3.04. The summed E-state index contributed by atoms with van der Waals surface area (Å²) in [5.41, 5.74) is -0.118. The van der Waals surface area contributed by atoms with Crippen LogP contribution in [0.3, 0.4) is 0 Å². The second-order valence-electron chi connectivity index (χ2n) is 6.77. The predicted molar refractivity (Wildman–Crippen MR) is 102 cm³/mol. The minimum atomic E-state index is -4.03. The number of nitrogens with one attached hydrogen (secondary N) is 1. The molecule has 156 valence electrons. The van der Waals surface area contributed by atoms with E-state index in [1.807, 2.05) is 13.8 Å². The molecule has 1 saturated heterocycles. The highest BCUT2D eigenvalue weighted by atomic mass is 32.2. The van der Waals surface area contributed by atoms with E-state index in [-0.39, 0.29) is 11.6 Å². The Morgan fingerprint density at radius 1 is 1.18 bits per heavy atom. The Balaban J connectivity index is 2.09. The maximum absolute atomic E-state index is 14.2. The molecule has 2 rings (SSSR count). The lowest BCUT2D eigenvalue weighted by Gasteiger charge is -2.26. The van der Waals surface area contributed by atoms with Gasteiger partial charge < -0.3 is 10.1 Å². The van der Waals surface area contributed by atoms with Crippen LogP contribution in [0.5, 0.6) is 0 Å². The first-order valence-corrected chi connectivity index (χ1v) is 11.0. The number of ether oxygens (including phenoxy) is 1. The molecule has 28 heavy (non-hydrogen) atoms. The quantitative estimate of drug-likeness (QED) is 0.660. The van der Waals surface area contributed by atoms with Gasteiger partial charge in [0, 0.05) is 19.1 Å². The van der Waals surface area contributed by atoms with Crippen LogP contribution in [0.1, 0.15) is 56.3 Å². The molecule has 0 aliphatic carbocycles. The summed E-state index contributed by atoms with van der Waals surface area (Å²) in [7, 11) is -4.03. The molecule has 7 nitrogen and oxygen atoms in total. The van der Waals surface area contributed by atoms with Crippen molar-refractivity contribution < 1.29 is 27.1 Å². The number of hydrogen-bond donors (Lipinski definition) is 1. The monoisotopic (exact) mass is 414 g/mol. The maximum atomic E-state index is 14.2. The fraction of sp³-hybridized carbons (Fsp3) is 0.579. The molecule has 1 aliphatic rings. The van der Waals surface area contributed by atoms with Gasteiger partial charge in [-0.25, -0.2) is 17.6 Å². The van der Waals surface area contributed by atoms with Crippen LogP contribution in [0.4, 0.5) is 4.39 Å². The van der Waals surface area contributed by atoms with E-state index in [0.29, 0.717) is 25.9 Å². The van der Waals surface area contributed by atoms with Crippen LogP contribution in [-0.4, -0.2) is 50.3 Å². The van der Waals surface area contributed by atoms with Gasteiger partial charge in [-0.05, 0) is 43.9 Å². The first-order valence-electron chi connectivity index (χ1n) is 9.55. The first-order chi connectivity index (χ1) is 13.3. The fourth-order valence-electron chi connectivity index (χ4n) is 3.05. The number of carbonyl (C=O) groups is 2. The third kappa shape index (κ3) is 5.51. The summed E-state index contributed by atoms with van der Waals surface area (Å²) >= 11 is 0. The second kappa shape index (κ2) is 9.97. The van der Waals surface area contributed by atoms with Gasteiger partial charge in [0.05, 0.1) is 5.56 Å². The van der Waals surface area contributed by atoms with Gasteiger partial charge in [-0.1, -0.05) is 20.3 Å². The molecular formula is C19H27FN2O5S. The van der Waals surface area contributed by atoms with E-state index in [1.54, 1.807) is 0 Å². The third-order valence-electron chi connectivity index (χ3n) is 4.78. The average Bonchev–Trinajstić information content (AvgIpc) is 2.71. The molecule has 0 unspecified atom stereocenters. The SMILES string of the molecule is CCC(CC)NC(=O)COC(=O)c1ccc(F)c(S(=O)(=O)N2CCCCC2)c1. The van der Waals surface area contributed by atoms with Gasteiger partial charge in [0.2, 0.25) is 10.0 Å². The molecule has 1 aromatic carbocycles. The zero-order valence-electron chi connectivity index (χ0n) is 16.2. The minimum absolute atomic E-state index is 0.00156. The molecule has 0 aromatic heterocycles. The molecule has 1 aromatic rings. The maximum Gasteiger partial charge on any atom is 0.338 e. The van der Waals surface area contributed by atoms with E-state index in [9.17, 15) is 22.4 Å². The lowest BCUT2D eigenvalue weighted by Crippen LogP contribution is -2.37. The van der Waals surface area contributed by atoms with Crippen LogP contribution in [0.2, 0.25) is 0 Å². The van der Waals surface area contributed by atoms with Crippen LogP contribution in [0.15, 0.2) is 23.1 Å². The number of rotatable bonds is 8. The van der Waals surface area contributed by atoms with Gasteiger partial charge in [-0.2, -0.15) is 4.31 Å². The molecule has 9 heteroatoms. The molecular weight excluding hydrogens is 387 g/mol. The topological polar surface area (TPSA) is 92.8 Å².